The average molecular weight is 253 g/mol. The van der Waals surface area contributed by atoms with Crippen LogP contribution >= 0.6 is 0 Å². The Morgan fingerprint density at radius 1 is 1.42 bits per heavy atom. The van der Waals surface area contributed by atoms with Gasteiger partial charge in [-0.25, -0.2) is 4.68 Å². The van der Waals surface area contributed by atoms with Gasteiger partial charge in [-0.3, -0.25) is 4.79 Å². The lowest BCUT2D eigenvalue weighted by atomic mass is 10.0. The van der Waals surface area contributed by atoms with Crippen LogP contribution in [0.15, 0.2) is 18.2 Å². The van der Waals surface area contributed by atoms with Crippen LogP contribution in [0.1, 0.15) is 21.5 Å². The molecule has 4 nitrogen and oxygen atoms in total. The molecule has 0 bridgehead atoms. The van der Waals surface area contributed by atoms with Gasteiger partial charge >= 0.3 is 0 Å². The molecular formula is C15H15N3O. The molecule has 0 aliphatic heterocycles. The lowest BCUT2D eigenvalue weighted by molar-refractivity contribution is 0.112. The number of nitrogen functional groups attached to an aromatic ring is 1. The van der Waals surface area contributed by atoms with E-state index in [1.165, 1.54) is 10.2 Å². The monoisotopic (exact) mass is 253 g/mol. The Kier molecular flexibility index (Phi) is 3.39. The molecule has 0 unspecified atom stereocenters. The maximum absolute atomic E-state index is 11.2. The van der Waals surface area contributed by atoms with Crippen molar-refractivity contribution in [2.24, 2.45) is 0 Å². The Morgan fingerprint density at radius 2 is 2.16 bits per heavy atom. The van der Waals surface area contributed by atoms with Crippen LogP contribution in [0, 0.1) is 26.2 Å². The topological polar surface area (TPSA) is 60.9 Å². The second kappa shape index (κ2) is 4.99. The summed E-state index contributed by atoms with van der Waals surface area (Å²) in [5.74, 6) is 2.77. The first-order valence-corrected chi connectivity index (χ1v) is 5.91. The predicted molar refractivity (Wildman–Crippen MR) is 75.8 cm³/mol. The van der Waals surface area contributed by atoms with Gasteiger partial charge in [0.15, 0.2) is 6.29 Å². The smallest absolute Gasteiger partial charge is 0.156 e. The van der Waals surface area contributed by atoms with E-state index in [2.05, 4.69) is 11.0 Å². The summed E-state index contributed by atoms with van der Waals surface area (Å²) >= 11 is 0. The number of nitrogens with zero attached hydrogens (tertiary/aromatic N) is 2. The third-order valence-electron chi connectivity index (χ3n) is 3.17. The molecule has 0 radical (unpaired) electrons. The highest BCUT2D eigenvalue weighted by Gasteiger charge is 2.16. The van der Waals surface area contributed by atoms with Crippen LogP contribution in [-0.2, 0) is 6.54 Å². The van der Waals surface area contributed by atoms with E-state index in [1.54, 1.807) is 0 Å². The van der Waals surface area contributed by atoms with Crippen molar-refractivity contribution in [2.45, 2.75) is 20.4 Å². The minimum atomic E-state index is 0.248. The van der Waals surface area contributed by atoms with E-state index in [1.807, 2.05) is 32.0 Å². The SMILES string of the molecule is C#CCn1nc(-c2ccc(C)c(C)c2)c(C=O)c1N. The van der Waals surface area contributed by atoms with Gasteiger partial charge in [-0.2, -0.15) is 5.10 Å². The van der Waals surface area contributed by atoms with Crippen molar-refractivity contribution in [1.82, 2.24) is 9.78 Å². The zero-order valence-corrected chi connectivity index (χ0v) is 11.0. The second-order valence-corrected chi connectivity index (χ2v) is 4.43. The van der Waals surface area contributed by atoms with Gasteiger partial charge < -0.3 is 5.73 Å². The fourth-order valence-corrected chi connectivity index (χ4v) is 1.91. The van der Waals surface area contributed by atoms with Gasteiger partial charge in [-0.1, -0.05) is 18.1 Å². The summed E-state index contributed by atoms with van der Waals surface area (Å²) in [5, 5.41) is 4.33. The molecule has 0 spiro atoms. The van der Waals surface area contributed by atoms with Crippen molar-refractivity contribution in [3.8, 4) is 23.6 Å². The second-order valence-electron chi connectivity index (χ2n) is 4.43. The molecule has 4 heteroatoms. The number of hydrogen-bond acceptors (Lipinski definition) is 3. The van der Waals surface area contributed by atoms with E-state index >= 15 is 0 Å². The molecule has 2 N–H and O–H groups in total. The van der Waals surface area contributed by atoms with E-state index in [0.717, 1.165) is 17.4 Å². The van der Waals surface area contributed by atoms with E-state index in [9.17, 15) is 4.79 Å². The van der Waals surface area contributed by atoms with E-state index < -0.39 is 0 Å². The predicted octanol–water partition coefficient (Wildman–Crippen LogP) is 2.19. The zero-order valence-electron chi connectivity index (χ0n) is 11.0. The molecule has 0 atom stereocenters. The van der Waals surface area contributed by atoms with Crippen molar-refractivity contribution in [3.63, 3.8) is 0 Å². The van der Waals surface area contributed by atoms with Crippen LogP contribution in [0.2, 0.25) is 0 Å². The molecule has 19 heavy (non-hydrogen) atoms. The van der Waals surface area contributed by atoms with E-state index in [4.69, 9.17) is 12.2 Å². The van der Waals surface area contributed by atoms with Crippen LogP contribution in [0.4, 0.5) is 5.82 Å². The Bertz CT molecular complexity index is 677. The summed E-state index contributed by atoms with van der Waals surface area (Å²) in [5.41, 5.74) is 10.0. The van der Waals surface area contributed by atoms with Gasteiger partial charge in [0.05, 0.1) is 5.56 Å². The normalized spacial score (nSPS) is 10.2. The van der Waals surface area contributed by atoms with Gasteiger partial charge in [0.1, 0.15) is 18.1 Å². The lowest BCUT2D eigenvalue weighted by Crippen LogP contribution is -2.03. The molecule has 0 fully saturated rings. The lowest BCUT2D eigenvalue weighted by Gasteiger charge is -2.03. The fourth-order valence-electron chi connectivity index (χ4n) is 1.91. The number of carbonyl (C=O) groups is 1. The van der Waals surface area contributed by atoms with Crippen LogP contribution in [0.3, 0.4) is 0 Å². The largest absolute Gasteiger partial charge is 0.383 e. The standard InChI is InChI=1S/C15H15N3O/c1-4-7-18-15(16)13(9-19)14(17-18)12-6-5-10(2)11(3)8-12/h1,5-6,8-9H,7,16H2,2-3H3. The number of rotatable bonds is 3. The van der Waals surface area contributed by atoms with Crippen molar-refractivity contribution >= 4 is 12.1 Å². The Labute approximate surface area is 112 Å². The molecule has 0 aliphatic rings. The van der Waals surface area contributed by atoms with Crippen molar-refractivity contribution in [1.29, 1.82) is 0 Å². The summed E-state index contributed by atoms with van der Waals surface area (Å²) in [4.78, 5) is 11.2. The molecule has 1 aromatic carbocycles. The van der Waals surface area contributed by atoms with Gasteiger partial charge in [0.25, 0.3) is 0 Å². The summed E-state index contributed by atoms with van der Waals surface area (Å²) in [6.07, 6.45) is 5.98. The fraction of sp³-hybridized carbons (Fsp3) is 0.200. The Morgan fingerprint density at radius 3 is 2.74 bits per heavy atom. The highest BCUT2D eigenvalue weighted by Crippen LogP contribution is 2.27. The molecule has 0 amide bonds. The molecule has 0 saturated heterocycles. The highest BCUT2D eigenvalue weighted by molar-refractivity contribution is 5.91. The summed E-state index contributed by atoms with van der Waals surface area (Å²) in [6.45, 7) is 4.30. The molecule has 0 saturated carbocycles. The van der Waals surface area contributed by atoms with E-state index in [-0.39, 0.29) is 6.54 Å². The number of hydrogen-bond donors (Lipinski definition) is 1. The first-order valence-electron chi connectivity index (χ1n) is 5.91. The van der Waals surface area contributed by atoms with Crippen molar-refractivity contribution in [2.75, 3.05) is 5.73 Å². The summed E-state index contributed by atoms with van der Waals surface area (Å²) in [7, 11) is 0. The van der Waals surface area contributed by atoms with Crippen molar-refractivity contribution < 1.29 is 4.79 Å². The van der Waals surface area contributed by atoms with E-state index in [0.29, 0.717) is 17.1 Å². The number of carbonyl (C=O) groups excluding carboxylic acids is 1. The molecular weight excluding hydrogens is 238 g/mol. The molecule has 96 valence electrons. The number of benzene rings is 1. The maximum Gasteiger partial charge on any atom is 0.156 e. The maximum atomic E-state index is 11.2. The Hall–Kier alpha value is -2.54. The first-order chi connectivity index (χ1) is 9.08. The molecule has 0 aliphatic carbocycles. The average Bonchev–Trinajstić information content (AvgIpc) is 2.70. The van der Waals surface area contributed by atoms with Gasteiger partial charge in [0, 0.05) is 5.56 Å². The molecule has 2 aromatic rings. The highest BCUT2D eigenvalue weighted by atomic mass is 16.1. The minimum absolute atomic E-state index is 0.248. The quantitative estimate of drug-likeness (QED) is 0.673. The van der Waals surface area contributed by atoms with Gasteiger partial charge in [-0.15, -0.1) is 6.42 Å². The third kappa shape index (κ3) is 2.23. The number of terminal acetylenes is 1. The zero-order chi connectivity index (χ0) is 14.0. The van der Waals surface area contributed by atoms with Crippen LogP contribution in [0.25, 0.3) is 11.3 Å². The first kappa shape index (κ1) is 12.9. The number of nitrogens with two attached hydrogens (primary N) is 1. The number of aldehydes is 1. The molecule has 1 heterocycles. The molecule has 1 aromatic heterocycles. The van der Waals surface area contributed by atoms with Crippen LogP contribution in [0.5, 0.6) is 0 Å². The minimum Gasteiger partial charge on any atom is -0.383 e. The third-order valence-corrected chi connectivity index (χ3v) is 3.17. The number of aryl methyl sites for hydroxylation is 2. The molecule has 2 rings (SSSR count). The summed E-state index contributed by atoms with van der Waals surface area (Å²) in [6, 6.07) is 5.91. The van der Waals surface area contributed by atoms with Crippen LogP contribution < -0.4 is 5.73 Å². The van der Waals surface area contributed by atoms with Gasteiger partial charge in [0.2, 0.25) is 0 Å². The van der Waals surface area contributed by atoms with Crippen LogP contribution in [-0.4, -0.2) is 16.1 Å². The number of aromatic nitrogens is 2. The summed E-state index contributed by atoms with van der Waals surface area (Å²) < 4.78 is 1.47. The Balaban J connectivity index is 2.61. The van der Waals surface area contributed by atoms with Crippen molar-refractivity contribution in [3.05, 3.63) is 34.9 Å². The number of anilines is 1. The van der Waals surface area contributed by atoms with Gasteiger partial charge in [-0.05, 0) is 31.0 Å².